The summed E-state index contributed by atoms with van der Waals surface area (Å²) in [5.41, 5.74) is 4.47. The fraction of sp³-hybridized carbons (Fsp3) is 0.478. The molecule has 0 bridgehead atoms. The third-order valence-corrected chi connectivity index (χ3v) is 12.8. The molecule has 308 valence electrons. The molecule has 0 amide bonds. The zero-order valence-electron chi connectivity index (χ0n) is 35.3. The molecule has 2 fully saturated rings. The molecule has 10 nitrogen and oxygen atoms in total. The highest BCUT2D eigenvalue weighted by Crippen LogP contribution is 2.36. The number of aromatic nitrogens is 6. The molecular formula is C46H58N6O4S2. The molecule has 0 radical (unpaired) electrons. The predicted molar refractivity (Wildman–Crippen MR) is 235 cm³/mol. The van der Waals surface area contributed by atoms with E-state index >= 15 is 0 Å². The zero-order valence-corrected chi connectivity index (χ0v) is 36.9. The normalized spacial score (nSPS) is 15.8. The average molecular weight is 823 g/mol. The van der Waals surface area contributed by atoms with Gasteiger partial charge in [-0.15, -0.1) is 0 Å². The summed E-state index contributed by atoms with van der Waals surface area (Å²) in [6.45, 7) is 18.9. The van der Waals surface area contributed by atoms with Crippen molar-refractivity contribution in [3.8, 4) is 5.88 Å². The summed E-state index contributed by atoms with van der Waals surface area (Å²) in [5, 5.41) is 0. The topological polar surface area (TPSA) is 98.2 Å². The van der Waals surface area contributed by atoms with Gasteiger partial charge in [-0.25, -0.2) is 15.0 Å². The van der Waals surface area contributed by atoms with Crippen molar-refractivity contribution in [1.29, 1.82) is 0 Å². The number of benzene rings is 2. The number of rotatable bonds is 9. The summed E-state index contributed by atoms with van der Waals surface area (Å²) in [7, 11) is 3.41. The molecule has 0 aliphatic carbocycles. The highest BCUT2D eigenvalue weighted by atomic mass is 32.2. The molecule has 2 aromatic carbocycles. The molecule has 58 heavy (non-hydrogen) atoms. The highest BCUT2D eigenvalue weighted by molar-refractivity contribution is 7.99. The second-order valence-corrected chi connectivity index (χ2v) is 19.8. The van der Waals surface area contributed by atoms with E-state index in [1.54, 1.807) is 54.5 Å². The number of hydrogen-bond acceptors (Lipinski definition) is 9. The number of ether oxygens (including phenoxy) is 3. The Kier molecular flexibility index (Phi) is 13.1. The van der Waals surface area contributed by atoms with Gasteiger partial charge in [0.25, 0.3) is 5.56 Å². The Balaban J connectivity index is 0.000000177. The third kappa shape index (κ3) is 10.2. The van der Waals surface area contributed by atoms with Gasteiger partial charge in [0.15, 0.2) is 0 Å². The van der Waals surface area contributed by atoms with Crippen molar-refractivity contribution in [3.05, 3.63) is 95.1 Å². The van der Waals surface area contributed by atoms with Crippen molar-refractivity contribution in [2.45, 2.75) is 111 Å². The van der Waals surface area contributed by atoms with Crippen LogP contribution in [-0.4, -0.2) is 62.2 Å². The molecule has 6 aromatic rings. The maximum absolute atomic E-state index is 11.9. The van der Waals surface area contributed by atoms with Crippen LogP contribution in [0, 0.1) is 11.8 Å². The Labute approximate surface area is 351 Å². The smallest absolute Gasteiger partial charge is 0.251 e. The molecule has 0 saturated carbocycles. The summed E-state index contributed by atoms with van der Waals surface area (Å²) >= 11 is 3.31. The van der Waals surface area contributed by atoms with Crippen LogP contribution in [0.25, 0.3) is 22.1 Å². The minimum atomic E-state index is -0.0247. The first-order valence-corrected chi connectivity index (χ1v) is 22.1. The molecule has 0 spiro atoms. The summed E-state index contributed by atoms with van der Waals surface area (Å²) in [4.78, 5) is 30.5. The molecule has 2 saturated heterocycles. The number of pyridine rings is 2. The summed E-state index contributed by atoms with van der Waals surface area (Å²) in [6, 6.07) is 20.7. The molecule has 0 unspecified atom stereocenters. The molecule has 12 heteroatoms. The van der Waals surface area contributed by atoms with E-state index < -0.39 is 0 Å². The van der Waals surface area contributed by atoms with Crippen molar-refractivity contribution in [3.63, 3.8) is 0 Å². The Hall–Kier alpha value is -4.10. The lowest BCUT2D eigenvalue weighted by molar-refractivity contribution is 0.0610. The first kappa shape index (κ1) is 42.0. The highest BCUT2D eigenvalue weighted by Gasteiger charge is 2.27. The quantitative estimate of drug-likeness (QED) is 0.141. The molecule has 0 N–H and O–H groups in total. The Bertz CT molecular complexity index is 2390. The minimum absolute atomic E-state index is 0.00401. The van der Waals surface area contributed by atoms with Gasteiger partial charge >= 0.3 is 0 Å². The molecule has 8 rings (SSSR count). The Morgan fingerprint density at radius 3 is 1.59 bits per heavy atom. The van der Waals surface area contributed by atoms with Gasteiger partial charge < -0.3 is 27.9 Å². The van der Waals surface area contributed by atoms with Crippen molar-refractivity contribution in [2.75, 3.05) is 33.5 Å². The number of hydrogen-bond donors (Lipinski definition) is 0. The van der Waals surface area contributed by atoms with Crippen molar-refractivity contribution in [2.24, 2.45) is 18.9 Å². The van der Waals surface area contributed by atoms with Gasteiger partial charge in [-0.3, -0.25) is 4.79 Å². The summed E-state index contributed by atoms with van der Waals surface area (Å²) < 4.78 is 22.8. The van der Waals surface area contributed by atoms with E-state index in [0.29, 0.717) is 17.7 Å². The molecule has 4 aromatic heterocycles. The first-order valence-electron chi connectivity index (χ1n) is 20.4. The number of methoxy groups -OCH3 is 1. The van der Waals surface area contributed by atoms with Gasteiger partial charge in [-0.1, -0.05) is 65.1 Å². The van der Waals surface area contributed by atoms with E-state index in [4.69, 9.17) is 24.2 Å². The first-order chi connectivity index (χ1) is 27.7. The number of aryl methyl sites for hydroxylation is 1. The summed E-state index contributed by atoms with van der Waals surface area (Å²) in [5.74, 6) is 4.21. The minimum Gasteiger partial charge on any atom is -0.481 e. The van der Waals surface area contributed by atoms with E-state index in [2.05, 4.69) is 92.1 Å². The average Bonchev–Trinajstić information content (AvgIpc) is 3.75. The van der Waals surface area contributed by atoms with Crippen LogP contribution in [0.5, 0.6) is 5.88 Å². The lowest BCUT2D eigenvalue weighted by atomic mass is 9.94. The van der Waals surface area contributed by atoms with Crippen LogP contribution in [0.4, 0.5) is 0 Å². The van der Waals surface area contributed by atoms with Gasteiger partial charge in [0.1, 0.15) is 11.6 Å². The number of fused-ring (bicyclic) bond motifs is 2. The second-order valence-electron chi connectivity index (χ2n) is 17.6. The van der Waals surface area contributed by atoms with Gasteiger partial charge in [0, 0.05) is 102 Å². The summed E-state index contributed by atoms with van der Waals surface area (Å²) in [6.07, 6.45) is 8.06. The van der Waals surface area contributed by atoms with Crippen LogP contribution in [0.15, 0.2) is 97.4 Å². The van der Waals surface area contributed by atoms with Crippen LogP contribution < -0.4 is 10.3 Å². The van der Waals surface area contributed by atoms with Crippen LogP contribution in [0.1, 0.15) is 78.9 Å². The van der Waals surface area contributed by atoms with Crippen molar-refractivity contribution < 1.29 is 14.2 Å². The van der Waals surface area contributed by atoms with Gasteiger partial charge in [-0.05, 0) is 86.1 Å². The SMILES string of the molecule is COc1cc(Sc2ccc3c(c2)nc(C(C)(C)C)n3CC2CCOCC2)ccn1.Cn1ccc(Sc2ccc3c(c2)nc(C(C)(C)C)n3CC2CCOCC2)cc1=O. The van der Waals surface area contributed by atoms with Crippen LogP contribution >= 0.6 is 23.5 Å². The molecule has 6 heterocycles. The van der Waals surface area contributed by atoms with Gasteiger partial charge in [-0.2, -0.15) is 0 Å². The van der Waals surface area contributed by atoms with Crippen molar-refractivity contribution in [1.82, 2.24) is 28.7 Å². The molecule has 2 aliphatic rings. The Morgan fingerprint density at radius 1 is 0.672 bits per heavy atom. The largest absolute Gasteiger partial charge is 0.481 e. The standard InChI is InChI=1S/2C23H29N3O2S/c1-23(2,3)22-24-19-13-17(29-18-7-10-25(4)21(27)14-18)5-6-20(19)26(22)15-16-8-11-28-12-9-16;1-23(2,3)22-25-19-13-17(29-18-7-10-24-21(14-18)27-4)5-6-20(19)26(22)15-16-8-11-28-12-9-16/h2*5-7,10,13-14,16H,8-9,11-12,15H2,1-4H3. The number of imidazole rings is 2. The lowest BCUT2D eigenvalue weighted by Gasteiger charge is -2.26. The maximum Gasteiger partial charge on any atom is 0.251 e. The second kappa shape index (κ2) is 18.0. The van der Waals surface area contributed by atoms with E-state index in [0.717, 1.165) is 103 Å². The van der Waals surface area contributed by atoms with Gasteiger partial charge in [0.05, 0.1) is 29.2 Å². The number of nitrogens with zero attached hydrogens (tertiary/aromatic N) is 6. The van der Waals surface area contributed by atoms with Crippen molar-refractivity contribution >= 4 is 45.6 Å². The molecule has 0 atom stereocenters. The lowest BCUT2D eigenvalue weighted by Crippen LogP contribution is -2.25. The Morgan fingerprint density at radius 2 is 1.14 bits per heavy atom. The zero-order chi connectivity index (χ0) is 41.0. The fourth-order valence-corrected chi connectivity index (χ4v) is 9.40. The molecular weight excluding hydrogens is 765 g/mol. The van der Waals surface area contributed by atoms with Crippen LogP contribution in [0.2, 0.25) is 0 Å². The van der Waals surface area contributed by atoms with Crippen LogP contribution in [0.3, 0.4) is 0 Å². The molecule has 2 aliphatic heterocycles. The van der Waals surface area contributed by atoms with E-state index in [9.17, 15) is 4.79 Å². The van der Waals surface area contributed by atoms with E-state index in [1.807, 2.05) is 24.4 Å². The van der Waals surface area contributed by atoms with E-state index in [-0.39, 0.29) is 16.4 Å². The van der Waals surface area contributed by atoms with Gasteiger partial charge in [0.2, 0.25) is 5.88 Å². The predicted octanol–water partition coefficient (Wildman–Crippen LogP) is 9.93. The van der Waals surface area contributed by atoms with E-state index in [1.165, 1.54) is 15.9 Å². The fourth-order valence-electron chi connectivity index (χ4n) is 7.67. The maximum atomic E-state index is 11.9. The monoisotopic (exact) mass is 822 g/mol. The van der Waals surface area contributed by atoms with Crippen LogP contribution in [-0.2, 0) is 40.4 Å². The third-order valence-electron chi connectivity index (χ3n) is 10.8.